The number of H-pyrrole nitrogens is 2. The number of halogens is 1. The topological polar surface area (TPSA) is 225 Å². The van der Waals surface area contributed by atoms with E-state index in [1.807, 2.05) is 112 Å². The molecule has 10 aromatic rings. The van der Waals surface area contributed by atoms with E-state index in [-0.39, 0.29) is 30.2 Å². The number of nitrogens with zero attached hydrogens (tertiary/aromatic N) is 6. The third-order valence-corrected chi connectivity index (χ3v) is 38.4. The number of nitrogens with one attached hydrogen (secondary N) is 2. The molecule has 1 fully saturated rings. The van der Waals surface area contributed by atoms with Gasteiger partial charge in [0.15, 0.2) is 0 Å². The van der Waals surface area contributed by atoms with Gasteiger partial charge in [0, 0.05) is 159 Å². The summed E-state index contributed by atoms with van der Waals surface area (Å²) in [6.07, 6.45) is 0. The molecule has 6 aromatic heterocycles. The van der Waals surface area contributed by atoms with Crippen LogP contribution in [0.2, 0.25) is 5.15 Å². The average molecular weight is 1590 g/mol. The predicted octanol–water partition coefficient (Wildman–Crippen LogP) is 14.5. The summed E-state index contributed by atoms with van der Waals surface area (Å²) in [6, 6.07) is 19.5. The van der Waals surface area contributed by atoms with Crippen molar-refractivity contribution in [3.8, 4) is 45.0 Å². The van der Waals surface area contributed by atoms with Crippen LogP contribution in [0.3, 0.4) is 0 Å². The maximum absolute atomic E-state index is 12.6. The number of aryl methyl sites for hydroxylation is 6. The number of esters is 2. The summed E-state index contributed by atoms with van der Waals surface area (Å²) in [4.78, 5) is 49.6. The monoisotopic (exact) mass is 1590 g/mol. The molecular weight excluding hydrogens is 1520 g/mol. The molecule has 0 atom stereocenters. The third-order valence-electron chi connectivity index (χ3n) is 15.9. The third kappa shape index (κ3) is 18.7. The molecule has 4 aromatic carbocycles. The molecule has 18 nitrogen and oxygen atoms in total. The SMILES string of the molecule is C.COC(=O)c1cc(-c2nc(C)nc3[nH]c4cc(-c5c(C)noc5C)c(OC)cc4c23)cc(C(C)(C)C)c1.COC(=O)c1cc(B2OC(C)(C)C(C)(C)O2)cc(C(C)(C)C)c1.COc1cc2c(cc1-c1c(C)noc1C)[nH]c1nc(C)nc(Cl)c12.S=S=S=S=S=S=S=S=S=S=S=S=S. The molecule has 0 saturated carbocycles. The largest absolute Gasteiger partial charge is 0.496 e. The molecule has 524 valence electrons. The maximum Gasteiger partial charge on any atom is 0.494 e. The smallest absolute Gasteiger partial charge is 0.494 e. The number of carbonyl (C=O) groups is 2. The van der Waals surface area contributed by atoms with Gasteiger partial charge in [-0.2, -0.15) is 0 Å². The maximum atomic E-state index is 12.6. The Morgan fingerprint density at radius 3 is 1.36 bits per heavy atom. The number of rotatable bonds is 8. The predicted molar refractivity (Wildman–Crippen MR) is 430 cm³/mol. The van der Waals surface area contributed by atoms with Gasteiger partial charge in [-0.25, -0.2) is 29.5 Å². The Kier molecular flexibility index (Phi) is 27.9. The first-order valence-electron chi connectivity index (χ1n) is 29.5. The number of hydrogen-bond donors (Lipinski definition) is 2. The van der Waals surface area contributed by atoms with E-state index in [0.29, 0.717) is 45.0 Å². The van der Waals surface area contributed by atoms with Crippen molar-refractivity contribution in [2.75, 3.05) is 28.4 Å². The van der Waals surface area contributed by atoms with Gasteiger partial charge in [0.2, 0.25) is 0 Å². The van der Waals surface area contributed by atoms with E-state index in [9.17, 15) is 9.59 Å². The van der Waals surface area contributed by atoms with E-state index in [1.165, 1.54) is 32.0 Å². The lowest BCUT2D eigenvalue weighted by Crippen LogP contribution is -2.41. The highest BCUT2D eigenvalue weighted by Gasteiger charge is 2.52. The van der Waals surface area contributed by atoms with Crippen molar-refractivity contribution in [3.05, 3.63) is 123 Å². The van der Waals surface area contributed by atoms with Gasteiger partial charge in [-0.1, -0.05) is 76.9 Å². The van der Waals surface area contributed by atoms with Crippen LogP contribution in [-0.4, -0.2) is 98.9 Å². The van der Waals surface area contributed by atoms with Crippen molar-refractivity contribution in [2.24, 2.45) is 0 Å². The van der Waals surface area contributed by atoms with E-state index in [1.54, 1.807) is 100 Å². The summed E-state index contributed by atoms with van der Waals surface area (Å²) in [5.41, 5.74) is 12.8. The first-order valence-corrected chi connectivity index (χ1v) is 45.9. The minimum absolute atomic E-state index is 0. The highest BCUT2D eigenvalue weighted by molar-refractivity contribution is 8.75. The average Bonchev–Trinajstić information content (AvgIpc) is 1.62. The molecule has 2 N–H and O–H groups in total. The summed E-state index contributed by atoms with van der Waals surface area (Å²) < 4.78 is 44.3. The van der Waals surface area contributed by atoms with Crippen LogP contribution in [0.1, 0.15) is 143 Å². The molecule has 0 spiro atoms. The van der Waals surface area contributed by atoms with Gasteiger partial charge in [0.25, 0.3) is 0 Å². The molecule has 1 saturated heterocycles. The molecule has 11 rings (SSSR count). The van der Waals surface area contributed by atoms with Crippen molar-refractivity contribution in [3.63, 3.8) is 0 Å². The minimum Gasteiger partial charge on any atom is -0.496 e. The number of fused-ring (bicyclic) bond motifs is 6. The lowest BCUT2D eigenvalue weighted by atomic mass is 9.74. The van der Waals surface area contributed by atoms with Crippen molar-refractivity contribution in [1.29, 1.82) is 0 Å². The second-order valence-electron chi connectivity index (χ2n) is 24.9. The number of carbonyl (C=O) groups excluding carboxylic acids is 2. The van der Waals surface area contributed by atoms with Gasteiger partial charge in [-0.15, -0.1) is 0 Å². The lowest BCUT2D eigenvalue weighted by Gasteiger charge is -2.32. The Morgan fingerprint density at radius 1 is 0.541 bits per heavy atom. The Labute approximate surface area is 617 Å². The van der Waals surface area contributed by atoms with Crippen molar-refractivity contribution < 1.29 is 46.9 Å². The number of ether oxygens (including phenoxy) is 4. The van der Waals surface area contributed by atoms with Crippen LogP contribution in [0, 0.1) is 41.5 Å². The van der Waals surface area contributed by atoms with Crippen LogP contribution in [0.4, 0.5) is 0 Å². The summed E-state index contributed by atoms with van der Waals surface area (Å²) in [5.74, 6) is 3.37. The van der Waals surface area contributed by atoms with Gasteiger partial charge < -0.3 is 47.3 Å². The molecular formula is C65H76BClN8O10S13. The number of aromatic amines is 2. The fourth-order valence-electron chi connectivity index (χ4n) is 10.5. The van der Waals surface area contributed by atoms with E-state index >= 15 is 0 Å². The van der Waals surface area contributed by atoms with E-state index in [4.69, 9.17) is 81.2 Å². The van der Waals surface area contributed by atoms with Crippen LogP contribution in [0.5, 0.6) is 11.5 Å². The van der Waals surface area contributed by atoms with Crippen molar-refractivity contribution >= 4 is 200 Å². The van der Waals surface area contributed by atoms with Gasteiger partial charge in [0.05, 0.1) is 89.7 Å². The molecule has 1 aliphatic rings. The van der Waals surface area contributed by atoms with Crippen LogP contribution in [0.25, 0.3) is 77.4 Å². The molecule has 33 heteroatoms. The normalized spacial score (nSPS) is 12.9. The summed E-state index contributed by atoms with van der Waals surface area (Å²) in [5, 5.41) is 12.1. The van der Waals surface area contributed by atoms with Gasteiger partial charge in [-0.3, -0.25) is 0 Å². The lowest BCUT2D eigenvalue weighted by molar-refractivity contribution is 0.00578. The van der Waals surface area contributed by atoms with Crippen molar-refractivity contribution in [1.82, 2.24) is 40.2 Å². The number of hydrogen-bond acceptors (Lipinski definition) is 18. The van der Waals surface area contributed by atoms with Crippen LogP contribution < -0.4 is 14.9 Å². The summed E-state index contributed by atoms with van der Waals surface area (Å²) in [6.45, 7) is 32.0. The first kappa shape index (κ1) is 80.1. The van der Waals surface area contributed by atoms with Gasteiger partial charge in [-0.05, 0) is 151 Å². The molecule has 0 aliphatic carbocycles. The van der Waals surface area contributed by atoms with Gasteiger partial charge >= 0.3 is 19.1 Å². The fraction of sp³-hybridized carbons (Fsp3) is 0.385. The molecule has 98 heavy (non-hydrogen) atoms. The molecule has 0 bridgehead atoms. The quantitative estimate of drug-likeness (QED) is 0.0819. The van der Waals surface area contributed by atoms with Crippen LogP contribution in [0.15, 0.2) is 69.7 Å². The number of benzene rings is 4. The molecule has 7 heterocycles. The van der Waals surface area contributed by atoms with Gasteiger partial charge in [0.1, 0.15) is 51.1 Å². The Morgan fingerprint density at radius 2 is 0.949 bits per heavy atom. The summed E-state index contributed by atoms with van der Waals surface area (Å²) in [7, 11) is 23.7. The van der Waals surface area contributed by atoms with E-state index < -0.39 is 18.3 Å². The molecule has 0 unspecified atom stereocenters. The highest BCUT2D eigenvalue weighted by atomic mass is 35.5. The van der Waals surface area contributed by atoms with Crippen molar-refractivity contribution in [2.45, 2.75) is 140 Å². The Balaban J connectivity index is 0.000000195. The molecule has 0 amide bonds. The van der Waals surface area contributed by atoms with Crippen LogP contribution in [-0.2, 0) is 150 Å². The van der Waals surface area contributed by atoms with E-state index in [2.05, 4.69) is 83.9 Å². The highest BCUT2D eigenvalue weighted by Crippen LogP contribution is 2.44. The second kappa shape index (κ2) is 34.1. The number of aromatic nitrogens is 8. The Bertz CT molecular complexity index is 5160. The standard InChI is InChI=1S/C29H30N4O4.C18H27BO4.C17H15ClN4O2.CH4.S13/c1-14-24(15(2)37-33-14)21-12-22-20(13-23(21)35-7)25-26(30-16(3)31-27(25)32-22)17-9-18(28(34)36-8)11-19(10-17)29(4,5)6;1-16(2,3)13-9-12(15(20)21-8)10-14(11-13)19-22-17(4,5)18(6,7)23-19;1-7-14(8(2)24-22-7)11-5-12-10(6-13(11)23-4)15-16(18)19-9(3)20-17(15)21-12;;1-3-5-7-9-11-13-12-10-8-6-4-2/h9-13H,1-8H3,(H,30,31,32);9-11H,1-8H3;5-6H,1-4H3,(H,19,20,21);1H4;. The van der Waals surface area contributed by atoms with Crippen LogP contribution >= 0.6 is 11.6 Å². The number of methoxy groups -OCH3 is 4. The van der Waals surface area contributed by atoms with E-state index in [0.717, 1.165) is 111 Å². The summed E-state index contributed by atoms with van der Waals surface area (Å²) >= 11 is 15.7. The fourth-order valence-corrected chi connectivity index (χ4v) is 35.5. The zero-order chi connectivity index (χ0) is 71.1. The minimum atomic E-state index is -0.495. The first-order chi connectivity index (χ1) is 45.8. The zero-order valence-electron chi connectivity index (χ0n) is 56.8. The Hall–Kier alpha value is -5.27. The second-order valence-corrected chi connectivity index (χ2v) is 44.8. The zero-order valence-corrected chi connectivity index (χ0v) is 68.2. The molecule has 0 radical (unpaired) electrons. The molecule has 1 aliphatic heterocycles.